The molecule has 0 bridgehead atoms. The van der Waals surface area contributed by atoms with E-state index >= 15 is 0 Å². The third-order valence-electron chi connectivity index (χ3n) is 5.45. The molecule has 0 unspecified atom stereocenters. The van der Waals surface area contributed by atoms with Crippen LogP contribution < -0.4 is 44.7 Å². The SMILES string of the molecule is COc1cccc(Cl)c1NC(=O)c1cc2ccccc2c(N=Nc2c(C)ccc(Cl)c2S(=O)(=O)O)c1[O-].[Na+]. The molecule has 4 rings (SSSR count). The molecule has 0 heterocycles. The van der Waals surface area contributed by atoms with E-state index in [1.807, 2.05) is 0 Å². The fraction of sp³-hybridized carbons (Fsp3) is 0.0800. The third kappa shape index (κ3) is 5.97. The van der Waals surface area contributed by atoms with Crippen LogP contribution in [0.25, 0.3) is 10.8 Å². The zero-order chi connectivity index (χ0) is 26.9. The molecule has 0 aromatic heterocycles. The van der Waals surface area contributed by atoms with Crippen molar-refractivity contribution < 1.29 is 57.2 Å². The molecule has 0 radical (unpaired) electrons. The number of azo groups is 1. The van der Waals surface area contributed by atoms with E-state index in [0.717, 1.165) is 0 Å². The van der Waals surface area contributed by atoms with Gasteiger partial charge in [0, 0.05) is 10.9 Å². The topological polar surface area (TPSA) is 140 Å². The Morgan fingerprint density at radius 2 is 1.68 bits per heavy atom. The normalized spacial score (nSPS) is 11.4. The monoisotopic (exact) mass is 581 g/mol. The zero-order valence-corrected chi connectivity index (χ0v) is 24.6. The molecule has 13 heteroatoms. The average Bonchev–Trinajstić information content (AvgIpc) is 2.85. The van der Waals surface area contributed by atoms with Gasteiger partial charge in [-0.05, 0) is 42.1 Å². The fourth-order valence-electron chi connectivity index (χ4n) is 3.67. The van der Waals surface area contributed by atoms with Crippen LogP contribution in [0.15, 0.2) is 75.8 Å². The van der Waals surface area contributed by atoms with E-state index in [1.54, 1.807) is 42.5 Å². The Balaban J connectivity index is 0.00000400. The number of nitrogens with one attached hydrogen (secondary N) is 1. The molecular weight excluding hydrogens is 564 g/mol. The van der Waals surface area contributed by atoms with Crippen LogP contribution in [0, 0.1) is 6.92 Å². The second-order valence-corrected chi connectivity index (χ2v) is 9.98. The maximum absolute atomic E-state index is 13.4. The number of anilines is 1. The standard InChI is InChI=1S/C25H19Cl2N3O6S.Na/c1-13-10-11-18(27)24(37(33,34)35)20(13)29-30-21-15-7-4-3-6-14(15)12-16(23(21)31)25(32)28-22-17(26)8-5-9-19(22)36-2;/h3-12,31H,1-2H3,(H,28,32)(H,33,34,35);/q;+1/p-1. The number of para-hydroxylation sites is 1. The van der Waals surface area contributed by atoms with Crippen LogP contribution in [0.3, 0.4) is 0 Å². The number of halogens is 2. The number of hydrogen-bond donors (Lipinski definition) is 2. The molecule has 0 aliphatic rings. The van der Waals surface area contributed by atoms with Crippen molar-refractivity contribution in [2.45, 2.75) is 11.8 Å². The van der Waals surface area contributed by atoms with Crippen LogP contribution in [0.2, 0.25) is 10.0 Å². The van der Waals surface area contributed by atoms with Gasteiger partial charge in [0.25, 0.3) is 16.0 Å². The third-order valence-corrected chi connectivity index (χ3v) is 7.12. The smallest absolute Gasteiger partial charge is 0.870 e. The summed E-state index contributed by atoms with van der Waals surface area (Å²) in [5.41, 5.74) is -0.200. The summed E-state index contributed by atoms with van der Waals surface area (Å²) in [5.74, 6) is -1.24. The number of methoxy groups -OCH3 is 1. The van der Waals surface area contributed by atoms with E-state index in [9.17, 15) is 22.9 Å². The van der Waals surface area contributed by atoms with Gasteiger partial charge in [0.1, 0.15) is 22.0 Å². The number of ether oxygens (including phenoxy) is 1. The molecule has 2 N–H and O–H groups in total. The first kappa shape index (κ1) is 29.9. The van der Waals surface area contributed by atoms with Crippen LogP contribution in [0.5, 0.6) is 11.5 Å². The molecule has 0 aliphatic heterocycles. The Hall–Kier alpha value is -2.70. The minimum atomic E-state index is -4.76. The predicted octanol–water partition coefficient (Wildman–Crippen LogP) is 3.46. The average molecular weight is 582 g/mol. The van der Waals surface area contributed by atoms with Crippen molar-refractivity contribution >= 4 is 67.1 Å². The van der Waals surface area contributed by atoms with E-state index in [4.69, 9.17) is 27.9 Å². The molecule has 1 amide bonds. The quantitative estimate of drug-likeness (QED) is 0.203. The number of benzene rings is 4. The van der Waals surface area contributed by atoms with Gasteiger partial charge < -0.3 is 15.2 Å². The predicted molar refractivity (Wildman–Crippen MR) is 140 cm³/mol. The first-order chi connectivity index (χ1) is 17.5. The Bertz CT molecular complexity index is 1700. The maximum atomic E-state index is 13.4. The second-order valence-electron chi connectivity index (χ2n) is 7.81. The molecule has 0 atom stereocenters. The first-order valence-corrected chi connectivity index (χ1v) is 12.8. The molecular formula is C25H18Cl2N3NaO6S. The molecule has 9 nitrogen and oxygen atoms in total. The number of aryl methyl sites for hydroxylation is 1. The van der Waals surface area contributed by atoms with Gasteiger partial charge in [-0.2, -0.15) is 13.5 Å². The maximum Gasteiger partial charge on any atom is 1.00 e. The molecule has 0 aliphatic carbocycles. The van der Waals surface area contributed by atoms with Crippen molar-refractivity contribution in [3.63, 3.8) is 0 Å². The van der Waals surface area contributed by atoms with Crippen LogP contribution in [-0.4, -0.2) is 26.0 Å². The summed E-state index contributed by atoms with van der Waals surface area (Å²) in [5, 5.41) is 24.8. The minimum Gasteiger partial charge on any atom is -0.870 e. The molecule has 0 saturated heterocycles. The van der Waals surface area contributed by atoms with Gasteiger partial charge in [-0.25, -0.2) is 0 Å². The fourth-order valence-corrected chi connectivity index (χ4v) is 5.09. The number of hydrogen-bond acceptors (Lipinski definition) is 7. The largest absolute Gasteiger partial charge is 1.00 e. The van der Waals surface area contributed by atoms with Crippen molar-refractivity contribution in [3.05, 3.63) is 81.8 Å². The van der Waals surface area contributed by atoms with Crippen LogP contribution in [0.4, 0.5) is 17.1 Å². The number of fused-ring (bicyclic) bond motifs is 1. The van der Waals surface area contributed by atoms with Crippen LogP contribution >= 0.6 is 23.2 Å². The van der Waals surface area contributed by atoms with Gasteiger partial charge >= 0.3 is 29.6 Å². The first-order valence-electron chi connectivity index (χ1n) is 10.6. The van der Waals surface area contributed by atoms with E-state index in [0.29, 0.717) is 22.1 Å². The Morgan fingerprint density at radius 3 is 2.37 bits per heavy atom. The van der Waals surface area contributed by atoms with Gasteiger partial charge in [-0.15, -0.1) is 5.11 Å². The molecule has 4 aromatic carbocycles. The van der Waals surface area contributed by atoms with Gasteiger partial charge in [0.05, 0.1) is 22.8 Å². The zero-order valence-electron chi connectivity index (χ0n) is 20.3. The molecule has 190 valence electrons. The van der Waals surface area contributed by atoms with Crippen molar-refractivity contribution in [2.75, 3.05) is 12.4 Å². The van der Waals surface area contributed by atoms with Crippen LogP contribution in [0.1, 0.15) is 15.9 Å². The van der Waals surface area contributed by atoms with Crippen LogP contribution in [-0.2, 0) is 10.1 Å². The van der Waals surface area contributed by atoms with E-state index < -0.39 is 26.7 Å². The summed E-state index contributed by atoms with van der Waals surface area (Å²) in [6, 6.07) is 15.6. The summed E-state index contributed by atoms with van der Waals surface area (Å²) in [6.07, 6.45) is 0. The number of amides is 1. The summed E-state index contributed by atoms with van der Waals surface area (Å²) in [7, 11) is -3.35. The van der Waals surface area contributed by atoms with Crippen molar-refractivity contribution in [1.29, 1.82) is 0 Å². The number of carbonyl (C=O) groups is 1. The molecule has 0 spiro atoms. The van der Waals surface area contributed by atoms with Gasteiger partial charge in [0.15, 0.2) is 0 Å². The number of nitrogens with zero attached hydrogens (tertiary/aromatic N) is 2. The van der Waals surface area contributed by atoms with Gasteiger partial charge in [-0.1, -0.05) is 65.3 Å². The molecule has 0 fully saturated rings. The van der Waals surface area contributed by atoms with Crippen molar-refractivity contribution in [2.24, 2.45) is 10.2 Å². The Kier molecular flexibility index (Phi) is 9.43. The van der Waals surface area contributed by atoms with Gasteiger partial charge in [-0.3, -0.25) is 9.35 Å². The Morgan fingerprint density at radius 1 is 1.00 bits per heavy atom. The Labute approximate surface area is 250 Å². The van der Waals surface area contributed by atoms with Crippen molar-refractivity contribution in [3.8, 4) is 11.5 Å². The summed E-state index contributed by atoms with van der Waals surface area (Å²) >= 11 is 12.2. The van der Waals surface area contributed by atoms with E-state index in [1.165, 1.54) is 32.2 Å². The molecule has 0 saturated carbocycles. The van der Waals surface area contributed by atoms with E-state index in [-0.39, 0.29) is 62.2 Å². The second kappa shape index (κ2) is 12.0. The van der Waals surface area contributed by atoms with Gasteiger partial charge in [0.2, 0.25) is 0 Å². The molecule has 38 heavy (non-hydrogen) atoms. The minimum absolute atomic E-state index is 0. The number of rotatable bonds is 6. The van der Waals surface area contributed by atoms with Crippen molar-refractivity contribution in [1.82, 2.24) is 0 Å². The summed E-state index contributed by atoms with van der Waals surface area (Å²) < 4.78 is 38.8. The number of carbonyl (C=O) groups excluding carboxylic acids is 1. The molecule has 4 aromatic rings. The van der Waals surface area contributed by atoms with E-state index in [2.05, 4.69) is 15.5 Å². The summed E-state index contributed by atoms with van der Waals surface area (Å²) in [4.78, 5) is 12.5. The summed E-state index contributed by atoms with van der Waals surface area (Å²) in [6.45, 7) is 1.54.